The predicted molar refractivity (Wildman–Crippen MR) is 121 cm³/mol. The highest BCUT2D eigenvalue weighted by molar-refractivity contribution is 8.03. The molecule has 2 saturated heterocycles. The van der Waals surface area contributed by atoms with Gasteiger partial charge in [0.05, 0.1) is 18.1 Å². The number of nitrogens with zero attached hydrogens (tertiary/aromatic N) is 1. The number of thioether (sulfide) groups is 1. The van der Waals surface area contributed by atoms with Gasteiger partial charge in [-0.05, 0) is 36.1 Å². The lowest BCUT2D eigenvalue weighted by molar-refractivity contribution is -0.161. The van der Waals surface area contributed by atoms with Crippen molar-refractivity contribution in [3.8, 4) is 0 Å². The number of aliphatic hydroxyl groups excluding tert-OH is 1. The van der Waals surface area contributed by atoms with Crippen LogP contribution in [0.25, 0.3) is 10.8 Å². The van der Waals surface area contributed by atoms with Crippen LogP contribution in [0.15, 0.2) is 53.1 Å². The first-order valence-corrected chi connectivity index (χ1v) is 11.7. The van der Waals surface area contributed by atoms with Crippen molar-refractivity contribution >= 4 is 34.4 Å². The predicted octanol–water partition coefficient (Wildman–Crippen LogP) is 2.75. The van der Waals surface area contributed by atoms with E-state index in [-0.39, 0.29) is 22.9 Å². The second kappa shape index (κ2) is 7.97. The molecule has 2 fully saturated rings. The topological polar surface area (TPSA) is 89.9 Å². The fourth-order valence-corrected chi connectivity index (χ4v) is 6.78. The van der Waals surface area contributed by atoms with Crippen molar-refractivity contribution in [2.45, 2.75) is 49.6 Å². The highest BCUT2D eigenvalue weighted by Crippen LogP contribution is 2.48. The van der Waals surface area contributed by atoms with Gasteiger partial charge in [-0.15, -0.1) is 11.8 Å². The van der Waals surface area contributed by atoms with Gasteiger partial charge in [0.15, 0.2) is 0 Å². The van der Waals surface area contributed by atoms with E-state index in [4.69, 9.17) is 0 Å². The minimum absolute atomic E-state index is 0.120. The molecule has 1 amide bonds. The number of hydrogen-bond acceptors (Lipinski definition) is 5. The quantitative estimate of drug-likeness (QED) is 0.601. The Bertz CT molecular complexity index is 1080. The molecular formula is C24H26N2O4S. The van der Waals surface area contributed by atoms with Crippen molar-refractivity contribution in [1.82, 2.24) is 10.2 Å². The van der Waals surface area contributed by atoms with Gasteiger partial charge >= 0.3 is 5.97 Å². The fraction of sp³-hybridized carbons (Fsp3) is 0.417. The number of rotatable bonds is 6. The van der Waals surface area contributed by atoms with Gasteiger partial charge in [0.1, 0.15) is 5.70 Å². The zero-order valence-corrected chi connectivity index (χ0v) is 18.1. The van der Waals surface area contributed by atoms with Gasteiger partial charge < -0.3 is 20.4 Å². The lowest BCUT2D eigenvalue weighted by Gasteiger charge is -2.44. The van der Waals surface area contributed by atoms with E-state index in [1.54, 1.807) is 18.7 Å². The van der Waals surface area contributed by atoms with Crippen molar-refractivity contribution in [2.75, 3.05) is 6.54 Å². The summed E-state index contributed by atoms with van der Waals surface area (Å²) in [5.74, 6) is -1.82. The number of nitrogens with one attached hydrogen (secondary N) is 1. The molecule has 0 aromatic heterocycles. The second-order valence-corrected chi connectivity index (χ2v) is 10.1. The number of carboxylic acid groups (broad SMARTS) is 1. The zero-order chi connectivity index (χ0) is 21.7. The van der Waals surface area contributed by atoms with Gasteiger partial charge in [0, 0.05) is 29.2 Å². The third-order valence-electron chi connectivity index (χ3n) is 6.73. The number of benzene rings is 2. The minimum Gasteiger partial charge on any atom is -0.477 e. The van der Waals surface area contributed by atoms with Crippen LogP contribution in [0.4, 0.5) is 0 Å². The van der Waals surface area contributed by atoms with Crippen molar-refractivity contribution in [1.29, 1.82) is 0 Å². The Morgan fingerprint density at radius 1 is 1.26 bits per heavy atom. The van der Waals surface area contributed by atoms with Crippen molar-refractivity contribution in [3.05, 3.63) is 58.6 Å². The van der Waals surface area contributed by atoms with Crippen LogP contribution in [0.5, 0.6) is 0 Å². The first kappa shape index (κ1) is 20.5. The molecular weight excluding hydrogens is 412 g/mol. The molecule has 3 heterocycles. The minimum atomic E-state index is -1.05. The van der Waals surface area contributed by atoms with E-state index in [1.165, 1.54) is 21.2 Å². The lowest BCUT2D eigenvalue weighted by Crippen LogP contribution is -2.61. The van der Waals surface area contributed by atoms with Crippen LogP contribution in [0, 0.1) is 5.92 Å². The van der Waals surface area contributed by atoms with E-state index in [0.29, 0.717) is 12.5 Å². The summed E-state index contributed by atoms with van der Waals surface area (Å²) >= 11 is 1.59. The molecule has 31 heavy (non-hydrogen) atoms. The van der Waals surface area contributed by atoms with Crippen LogP contribution in [0.3, 0.4) is 0 Å². The number of amides is 1. The summed E-state index contributed by atoms with van der Waals surface area (Å²) in [7, 11) is 0. The van der Waals surface area contributed by atoms with E-state index in [2.05, 4.69) is 47.8 Å². The summed E-state index contributed by atoms with van der Waals surface area (Å²) in [4.78, 5) is 26.4. The van der Waals surface area contributed by atoms with Crippen molar-refractivity contribution in [2.24, 2.45) is 5.92 Å². The van der Waals surface area contributed by atoms with Gasteiger partial charge in [0.25, 0.3) is 0 Å². The molecule has 3 aliphatic rings. The van der Waals surface area contributed by atoms with Crippen LogP contribution in [0.2, 0.25) is 0 Å². The molecule has 0 saturated carbocycles. The third kappa shape index (κ3) is 3.54. The molecule has 5 rings (SSSR count). The number of carbonyl (C=O) groups excluding carboxylic acids is 1. The largest absolute Gasteiger partial charge is 0.477 e. The first-order chi connectivity index (χ1) is 14.9. The number of hydrogen-bond donors (Lipinski definition) is 3. The third-order valence-corrected chi connectivity index (χ3v) is 8.06. The maximum atomic E-state index is 12.4. The number of carbonyl (C=O) groups is 2. The maximum absolute atomic E-state index is 12.4. The van der Waals surface area contributed by atoms with Gasteiger partial charge in [-0.1, -0.05) is 42.5 Å². The maximum Gasteiger partial charge on any atom is 0.353 e. The smallest absolute Gasteiger partial charge is 0.353 e. The van der Waals surface area contributed by atoms with Crippen LogP contribution in [0.1, 0.15) is 25.3 Å². The van der Waals surface area contributed by atoms with Gasteiger partial charge in [-0.3, -0.25) is 4.79 Å². The summed E-state index contributed by atoms with van der Waals surface area (Å²) in [6.07, 6.45) is 1.65. The molecule has 0 bridgehead atoms. The van der Waals surface area contributed by atoms with Gasteiger partial charge in [0.2, 0.25) is 5.91 Å². The summed E-state index contributed by atoms with van der Waals surface area (Å²) in [6, 6.07) is 14.9. The Kier molecular flexibility index (Phi) is 5.28. The summed E-state index contributed by atoms with van der Waals surface area (Å²) in [6.45, 7) is 2.42. The number of fused-ring (bicyclic) bond motifs is 2. The number of carboxylic acids is 1. The lowest BCUT2D eigenvalue weighted by atomic mass is 9.83. The molecule has 3 aliphatic heterocycles. The second-order valence-electron chi connectivity index (χ2n) is 8.75. The number of aliphatic carboxylic acids is 1. The normalized spacial score (nSPS) is 28.7. The molecule has 0 radical (unpaired) electrons. The number of β-lactam (4-membered cyclic amide) rings is 1. The van der Waals surface area contributed by atoms with Gasteiger partial charge in [-0.25, -0.2) is 4.79 Å². The Morgan fingerprint density at radius 3 is 2.81 bits per heavy atom. The van der Waals surface area contributed by atoms with Crippen molar-refractivity contribution in [3.63, 3.8) is 0 Å². The van der Waals surface area contributed by atoms with Crippen LogP contribution in [-0.2, 0) is 16.0 Å². The molecule has 5 atom stereocenters. The molecule has 7 heteroatoms. The molecule has 2 aromatic carbocycles. The average molecular weight is 439 g/mol. The summed E-state index contributed by atoms with van der Waals surface area (Å²) in [5.41, 5.74) is 1.44. The zero-order valence-electron chi connectivity index (χ0n) is 17.3. The molecule has 0 aliphatic carbocycles. The number of aliphatic hydroxyl groups is 1. The molecule has 0 unspecified atom stereocenters. The molecule has 6 nitrogen and oxygen atoms in total. The Balaban J connectivity index is 1.28. The highest BCUT2D eigenvalue weighted by Gasteiger charge is 2.57. The molecule has 2 aromatic rings. The van der Waals surface area contributed by atoms with E-state index >= 15 is 0 Å². The van der Waals surface area contributed by atoms with Crippen LogP contribution in [-0.4, -0.2) is 57.0 Å². The SMILES string of the molecule is C[C@@H](O)[C@H]1C(=O)N2C(C(=O)O)=C(S[C@@H]3CN[C@H](Cc4cccc5ccccc45)C3)C[C@@H]12. The highest BCUT2D eigenvalue weighted by atomic mass is 32.2. The standard InChI is InChI=1S/C24H26N2O4S/c1-13(27)21-19-11-20(22(24(29)30)26(19)23(21)28)31-17-10-16(25-12-17)9-15-7-4-6-14-5-2-3-8-18(14)15/h2-8,13,16-17,19,21,25,27H,9-12H2,1H3,(H,29,30)/t13-,16-,17+,19+,21-/m1/s1. The fourth-order valence-electron chi connectivity index (χ4n) is 5.30. The van der Waals surface area contributed by atoms with Crippen LogP contribution < -0.4 is 5.32 Å². The van der Waals surface area contributed by atoms with E-state index in [0.717, 1.165) is 24.3 Å². The Labute approximate surface area is 185 Å². The average Bonchev–Trinajstić information content (AvgIpc) is 3.30. The molecule has 3 N–H and O–H groups in total. The Morgan fingerprint density at radius 2 is 2.03 bits per heavy atom. The van der Waals surface area contributed by atoms with Gasteiger partial charge in [-0.2, -0.15) is 0 Å². The van der Waals surface area contributed by atoms with E-state index in [1.807, 2.05) is 0 Å². The summed E-state index contributed by atoms with van der Waals surface area (Å²) in [5, 5.41) is 26.0. The monoisotopic (exact) mass is 438 g/mol. The summed E-state index contributed by atoms with van der Waals surface area (Å²) < 4.78 is 0. The Hall–Kier alpha value is -2.35. The van der Waals surface area contributed by atoms with Crippen molar-refractivity contribution < 1.29 is 19.8 Å². The first-order valence-electron chi connectivity index (χ1n) is 10.8. The van der Waals surface area contributed by atoms with Crippen LogP contribution >= 0.6 is 11.8 Å². The molecule has 162 valence electrons. The molecule has 0 spiro atoms. The van der Waals surface area contributed by atoms with E-state index < -0.39 is 18.0 Å². The van der Waals surface area contributed by atoms with E-state index in [9.17, 15) is 19.8 Å².